The van der Waals surface area contributed by atoms with Crippen molar-refractivity contribution < 1.29 is 13.5 Å². The maximum atomic E-state index is 12.3. The van der Waals surface area contributed by atoms with Gasteiger partial charge in [0, 0.05) is 19.3 Å². The number of aliphatic hydroxyl groups is 1. The Kier molecular flexibility index (Phi) is 4.13. The second-order valence-corrected chi connectivity index (χ2v) is 6.81. The van der Waals surface area contributed by atoms with Crippen molar-refractivity contribution in [3.63, 3.8) is 0 Å². The van der Waals surface area contributed by atoms with Crippen LogP contribution in [0.25, 0.3) is 0 Å². The van der Waals surface area contributed by atoms with E-state index in [1.54, 1.807) is 0 Å². The maximum absolute atomic E-state index is 12.3. The van der Waals surface area contributed by atoms with Crippen LogP contribution >= 0.6 is 23.2 Å². The van der Waals surface area contributed by atoms with Crippen LogP contribution in [-0.4, -0.2) is 42.0 Å². The van der Waals surface area contributed by atoms with Crippen molar-refractivity contribution in [1.29, 1.82) is 0 Å². The smallest absolute Gasteiger partial charge is 0.244 e. The van der Waals surface area contributed by atoms with Gasteiger partial charge in [-0.3, -0.25) is 0 Å². The van der Waals surface area contributed by atoms with Crippen molar-refractivity contribution in [3.05, 3.63) is 22.4 Å². The van der Waals surface area contributed by atoms with E-state index in [0.29, 0.717) is 19.4 Å². The zero-order valence-corrected chi connectivity index (χ0v) is 11.7. The first kappa shape index (κ1) is 14.0. The summed E-state index contributed by atoms with van der Waals surface area (Å²) in [7, 11) is -3.67. The van der Waals surface area contributed by atoms with E-state index in [0.717, 1.165) is 0 Å². The van der Waals surface area contributed by atoms with Gasteiger partial charge in [-0.15, -0.1) is 0 Å². The number of piperidine rings is 1. The summed E-state index contributed by atoms with van der Waals surface area (Å²) in [5.74, 6) is 0. The highest BCUT2D eigenvalue weighted by Crippen LogP contribution is 2.25. The third-order valence-corrected chi connectivity index (χ3v) is 5.28. The van der Waals surface area contributed by atoms with E-state index in [-0.39, 0.29) is 21.6 Å². The van der Waals surface area contributed by atoms with Gasteiger partial charge in [-0.2, -0.15) is 4.31 Å². The number of hydrogen-bond donors (Lipinski definition) is 1. The highest BCUT2D eigenvalue weighted by atomic mass is 35.5. The minimum absolute atomic E-state index is 0.00833. The Hall–Kier alpha value is -0.400. The van der Waals surface area contributed by atoms with Crippen LogP contribution in [-0.2, 0) is 10.0 Å². The van der Waals surface area contributed by atoms with Crippen LogP contribution < -0.4 is 0 Å². The van der Waals surface area contributed by atoms with Gasteiger partial charge < -0.3 is 5.11 Å². The molecule has 0 bridgehead atoms. The zero-order chi connectivity index (χ0) is 13.3. The molecule has 5 nitrogen and oxygen atoms in total. The molecule has 1 fully saturated rings. The number of nitrogens with zero attached hydrogens (tertiary/aromatic N) is 2. The predicted molar refractivity (Wildman–Crippen MR) is 68.3 cm³/mol. The number of aromatic nitrogens is 1. The number of hydrogen-bond acceptors (Lipinski definition) is 4. The summed E-state index contributed by atoms with van der Waals surface area (Å²) in [6, 6.07) is 1.27. The van der Waals surface area contributed by atoms with E-state index in [1.807, 2.05) is 0 Å². The first-order valence-corrected chi connectivity index (χ1v) is 7.60. The monoisotopic (exact) mass is 310 g/mol. The fourth-order valence-electron chi connectivity index (χ4n) is 1.83. The quantitative estimate of drug-likeness (QED) is 0.841. The molecule has 1 aromatic heterocycles. The molecular formula is C10H12Cl2N2O3S. The average Bonchev–Trinajstić information content (AvgIpc) is 2.32. The fourth-order valence-corrected chi connectivity index (χ4v) is 3.66. The third-order valence-electron chi connectivity index (χ3n) is 2.77. The summed E-state index contributed by atoms with van der Waals surface area (Å²) < 4.78 is 25.8. The molecule has 0 saturated carbocycles. The first-order valence-electron chi connectivity index (χ1n) is 5.40. The Balaban J connectivity index is 2.32. The Morgan fingerprint density at radius 3 is 2.78 bits per heavy atom. The number of aliphatic hydroxyl groups excluding tert-OH is 1. The average molecular weight is 311 g/mol. The Labute approximate surface area is 115 Å². The van der Waals surface area contributed by atoms with E-state index >= 15 is 0 Å². The van der Waals surface area contributed by atoms with Gasteiger partial charge in [0.15, 0.2) is 0 Å². The molecule has 1 saturated heterocycles. The minimum Gasteiger partial charge on any atom is -0.392 e. The summed E-state index contributed by atoms with van der Waals surface area (Å²) in [4.78, 5) is 3.72. The van der Waals surface area contributed by atoms with E-state index in [2.05, 4.69) is 4.98 Å². The molecular weight excluding hydrogens is 299 g/mol. The van der Waals surface area contributed by atoms with Gasteiger partial charge >= 0.3 is 0 Å². The molecule has 2 rings (SSSR count). The van der Waals surface area contributed by atoms with Crippen LogP contribution in [0, 0.1) is 0 Å². The lowest BCUT2D eigenvalue weighted by Gasteiger charge is -2.29. The van der Waals surface area contributed by atoms with E-state index < -0.39 is 16.1 Å². The second kappa shape index (κ2) is 5.30. The van der Waals surface area contributed by atoms with Crippen molar-refractivity contribution in [2.75, 3.05) is 13.1 Å². The van der Waals surface area contributed by atoms with Gasteiger partial charge in [0.25, 0.3) is 0 Å². The van der Waals surface area contributed by atoms with Crippen LogP contribution in [0.4, 0.5) is 0 Å². The van der Waals surface area contributed by atoms with Crippen LogP contribution in [0.1, 0.15) is 12.8 Å². The summed E-state index contributed by atoms with van der Waals surface area (Å²) in [5.41, 5.74) is 0. The number of halogens is 2. The molecule has 2 heterocycles. The number of pyridine rings is 1. The van der Waals surface area contributed by atoms with Crippen LogP contribution in [0.2, 0.25) is 10.2 Å². The van der Waals surface area contributed by atoms with Gasteiger partial charge in [-0.05, 0) is 18.9 Å². The highest BCUT2D eigenvalue weighted by Gasteiger charge is 2.30. The van der Waals surface area contributed by atoms with Crippen molar-refractivity contribution in [1.82, 2.24) is 9.29 Å². The molecule has 1 aliphatic rings. The molecule has 0 aromatic carbocycles. The lowest BCUT2D eigenvalue weighted by molar-refractivity contribution is 0.108. The molecule has 1 atom stereocenters. The Bertz CT molecular complexity index is 550. The van der Waals surface area contributed by atoms with Gasteiger partial charge in [0.05, 0.1) is 11.1 Å². The van der Waals surface area contributed by atoms with Gasteiger partial charge in [-0.25, -0.2) is 13.4 Å². The zero-order valence-electron chi connectivity index (χ0n) is 9.38. The maximum Gasteiger partial charge on any atom is 0.244 e. The van der Waals surface area contributed by atoms with Crippen LogP contribution in [0.5, 0.6) is 0 Å². The molecule has 1 aliphatic heterocycles. The summed E-state index contributed by atoms with van der Waals surface area (Å²) in [5, 5.41) is 9.68. The van der Waals surface area contributed by atoms with Crippen molar-refractivity contribution >= 4 is 33.2 Å². The van der Waals surface area contributed by atoms with Crippen molar-refractivity contribution in [2.45, 2.75) is 23.8 Å². The highest BCUT2D eigenvalue weighted by molar-refractivity contribution is 7.89. The van der Waals surface area contributed by atoms with E-state index in [4.69, 9.17) is 23.2 Å². The summed E-state index contributed by atoms with van der Waals surface area (Å²) >= 11 is 11.4. The number of sulfonamides is 1. The Morgan fingerprint density at radius 1 is 1.44 bits per heavy atom. The molecule has 100 valence electrons. The van der Waals surface area contributed by atoms with E-state index in [1.165, 1.54) is 16.6 Å². The van der Waals surface area contributed by atoms with Gasteiger partial charge in [0.1, 0.15) is 10.0 Å². The molecule has 0 spiro atoms. The minimum atomic E-state index is -3.67. The first-order chi connectivity index (χ1) is 8.41. The normalized spacial score (nSPS) is 22.1. The van der Waals surface area contributed by atoms with Crippen LogP contribution in [0.3, 0.4) is 0 Å². The largest absolute Gasteiger partial charge is 0.392 e. The van der Waals surface area contributed by atoms with Gasteiger partial charge in [-0.1, -0.05) is 23.2 Å². The van der Waals surface area contributed by atoms with E-state index in [9.17, 15) is 13.5 Å². The molecule has 0 radical (unpaired) electrons. The third kappa shape index (κ3) is 2.78. The Morgan fingerprint density at radius 2 is 2.17 bits per heavy atom. The number of rotatable bonds is 2. The second-order valence-electron chi connectivity index (χ2n) is 4.10. The number of β-amino-alcohol motifs (C(OH)–C–C–N with tert-alkyl or cyclic N) is 1. The summed E-state index contributed by atoms with van der Waals surface area (Å²) in [6.45, 7) is 0.488. The molecule has 0 aliphatic carbocycles. The standard InChI is InChI=1S/C10H12Cl2N2O3S/c11-9-4-8(5-13-10(9)12)18(16,17)14-3-1-2-7(15)6-14/h4-5,7,15H,1-3,6H2. The van der Waals surface area contributed by atoms with Gasteiger partial charge in [0.2, 0.25) is 10.0 Å². The molecule has 8 heteroatoms. The molecule has 0 amide bonds. The summed E-state index contributed by atoms with van der Waals surface area (Å²) in [6.07, 6.45) is 1.80. The lowest BCUT2D eigenvalue weighted by Crippen LogP contribution is -2.42. The van der Waals surface area contributed by atoms with Crippen molar-refractivity contribution in [2.24, 2.45) is 0 Å². The molecule has 1 unspecified atom stereocenters. The fraction of sp³-hybridized carbons (Fsp3) is 0.500. The molecule has 1 aromatic rings. The topological polar surface area (TPSA) is 70.5 Å². The molecule has 1 N–H and O–H groups in total. The van der Waals surface area contributed by atoms with Crippen molar-refractivity contribution in [3.8, 4) is 0 Å². The predicted octanol–water partition coefficient (Wildman–Crippen LogP) is 1.53. The lowest BCUT2D eigenvalue weighted by atomic mass is 10.1. The van der Waals surface area contributed by atoms with Crippen LogP contribution in [0.15, 0.2) is 17.2 Å². The SMILES string of the molecule is O=S(=O)(c1cnc(Cl)c(Cl)c1)N1CCCC(O)C1. The molecule has 18 heavy (non-hydrogen) atoms.